The smallest absolute Gasteiger partial charge is 0.134 e. The quantitative estimate of drug-likeness (QED) is 0.876. The molecule has 0 bridgehead atoms. The third kappa shape index (κ3) is 3.06. The maximum Gasteiger partial charge on any atom is 0.134 e. The lowest BCUT2D eigenvalue weighted by molar-refractivity contribution is 0.373. The Balaban J connectivity index is 1.70. The average Bonchev–Trinajstić information content (AvgIpc) is 2.45. The van der Waals surface area contributed by atoms with Crippen LogP contribution >= 0.6 is 0 Å². The molecule has 0 atom stereocenters. The molecule has 1 aliphatic heterocycles. The van der Waals surface area contributed by atoms with Crippen LogP contribution < -0.4 is 10.6 Å². The van der Waals surface area contributed by atoms with E-state index in [2.05, 4.69) is 20.6 Å². The summed E-state index contributed by atoms with van der Waals surface area (Å²) in [6.07, 6.45) is 7.98. The molecule has 2 heterocycles. The van der Waals surface area contributed by atoms with E-state index in [1.54, 1.807) is 0 Å². The fourth-order valence-electron chi connectivity index (χ4n) is 3.24. The molecule has 4 heteroatoms. The van der Waals surface area contributed by atoms with E-state index < -0.39 is 0 Å². The van der Waals surface area contributed by atoms with Crippen molar-refractivity contribution in [2.45, 2.75) is 52.0 Å². The Morgan fingerprint density at radius 2 is 2.05 bits per heavy atom. The van der Waals surface area contributed by atoms with Crippen LogP contribution in [-0.2, 0) is 13.0 Å². The maximum atomic E-state index is 4.61. The third-order valence-electron chi connectivity index (χ3n) is 4.33. The normalized spacial score (nSPS) is 20.1. The van der Waals surface area contributed by atoms with Gasteiger partial charge in [-0.15, -0.1) is 0 Å². The molecule has 0 spiro atoms. The first-order chi connectivity index (χ1) is 9.33. The van der Waals surface area contributed by atoms with Gasteiger partial charge in [0.05, 0.1) is 5.69 Å². The van der Waals surface area contributed by atoms with Crippen LogP contribution in [0, 0.1) is 12.8 Å². The second-order valence-corrected chi connectivity index (χ2v) is 5.86. The average molecular weight is 260 g/mol. The second kappa shape index (κ2) is 5.87. The molecular formula is C15H24N4. The standard InChI is InChI=1S/C15H24N4/c1-11-18-14-7-8-16-10-13(14)15(19-11)17-9-12-5-3-2-4-6-12/h12,16H,2-10H2,1H3,(H,17,18,19). The number of anilines is 1. The highest BCUT2D eigenvalue weighted by molar-refractivity contribution is 5.47. The van der Waals surface area contributed by atoms with E-state index in [-0.39, 0.29) is 0 Å². The summed E-state index contributed by atoms with van der Waals surface area (Å²) in [5.41, 5.74) is 2.52. The Hall–Kier alpha value is -1.16. The fraction of sp³-hybridized carbons (Fsp3) is 0.733. The van der Waals surface area contributed by atoms with Crippen molar-refractivity contribution in [1.29, 1.82) is 0 Å². The van der Waals surface area contributed by atoms with Crippen LogP contribution in [0.2, 0.25) is 0 Å². The zero-order valence-electron chi connectivity index (χ0n) is 11.8. The number of aromatic nitrogens is 2. The van der Waals surface area contributed by atoms with E-state index in [4.69, 9.17) is 0 Å². The number of rotatable bonds is 3. The molecule has 0 unspecified atom stereocenters. The summed E-state index contributed by atoms with van der Waals surface area (Å²) in [5, 5.41) is 7.01. The summed E-state index contributed by atoms with van der Waals surface area (Å²) in [4.78, 5) is 9.19. The summed E-state index contributed by atoms with van der Waals surface area (Å²) in [7, 11) is 0. The van der Waals surface area contributed by atoms with Crippen LogP contribution in [0.15, 0.2) is 0 Å². The Morgan fingerprint density at radius 1 is 1.21 bits per heavy atom. The highest BCUT2D eigenvalue weighted by Gasteiger charge is 2.18. The topological polar surface area (TPSA) is 49.8 Å². The molecule has 1 aromatic heterocycles. The molecule has 1 aromatic rings. The first-order valence-corrected chi connectivity index (χ1v) is 7.64. The first-order valence-electron chi connectivity index (χ1n) is 7.64. The Kier molecular flexibility index (Phi) is 3.97. The maximum absolute atomic E-state index is 4.61. The van der Waals surface area contributed by atoms with Crippen molar-refractivity contribution in [1.82, 2.24) is 15.3 Å². The lowest BCUT2D eigenvalue weighted by Gasteiger charge is -2.24. The molecule has 0 aromatic carbocycles. The molecule has 2 aliphatic rings. The van der Waals surface area contributed by atoms with Crippen molar-refractivity contribution in [3.63, 3.8) is 0 Å². The van der Waals surface area contributed by atoms with Crippen molar-refractivity contribution < 1.29 is 0 Å². The second-order valence-electron chi connectivity index (χ2n) is 5.86. The van der Waals surface area contributed by atoms with Gasteiger partial charge < -0.3 is 10.6 Å². The fourth-order valence-corrected chi connectivity index (χ4v) is 3.24. The molecule has 3 rings (SSSR count). The molecular weight excluding hydrogens is 236 g/mol. The van der Waals surface area contributed by atoms with Gasteiger partial charge in [-0.25, -0.2) is 9.97 Å². The van der Waals surface area contributed by atoms with Crippen molar-refractivity contribution in [2.75, 3.05) is 18.4 Å². The number of nitrogens with zero attached hydrogens (tertiary/aromatic N) is 2. The zero-order chi connectivity index (χ0) is 13.1. The van der Waals surface area contributed by atoms with E-state index in [0.717, 1.165) is 43.6 Å². The van der Waals surface area contributed by atoms with Crippen LogP contribution in [0.3, 0.4) is 0 Å². The third-order valence-corrected chi connectivity index (χ3v) is 4.33. The zero-order valence-corrected chi connectivity index (χ0v) is 11.8. The molecule has 0 saturated heterocycles. The van der Waals surface area contributed by atoms with Gasteiger partial charge in [-0.2, -0.15) is 0 Å². The summed E-state index contributed by atoms with van der Waals surface area (Å²) in [6, 6.07) is 0. The van der Waals surface area contributed by atoms with Crippen molar-refractivity contribution in [2.24, 2.45) is 5.92 Å². The molecule has 1 fully saturated rings. The molecule has 1 saturated carbocycles. The minimum atomic E-state index is 0.830. The number of fused-ring (bicyclic) bond motifs is 1. The minimum Gasteiger partial charge on any atom is -0.369 e. The lowest BCUT2D eigenvalue weighted by Crippen LogP contribution is -2.27. The highest BCUT2D eigenvalue weighted by Crippen LogP contribution is 2.25. The van der Waals surface area contributed by atoms with Crippen LogP contribution in [0.4, 0.5) is 5.82 Å². The van der Waals surface area contributed by atoms with Gasteiger partial charge in [0.1, 0.15) is 11.6 Å². The lowest BCUT2D eigenvalue weighted by atomic mass is 9.89. The van der Waals surface area contributed by atoms with Crippen molar-refractivity contribution >= 4 is 5.82 Å². The van der Waals surface area contributed by atoms with E-state index in [9.17, 15) is 0 Å². The van der Waals surface area contributed by atoms with Gasteiger partial charge in [-0.05, 0) is 25.7 Å². The van der Waals surface area contributed by atoms with Gasteiger partial charge in [0.25, 0.3) is 0 Å². The summed E-state index contributed by atoms with van der Waals surface area (Å²) in [6.45, 7) is 5.01. The molecule has 2 N–H and O–H groups in total. The van der Waals surface area contributed by atoms with Gasteiger partial charge in [0.2, 0.25) is 0 Å². The van der Waals surface area contributed by atoms with E-state index in [1.807, 2.05) is 6.92 Å². The number of hydrogen-bond acceptors (Lipinski definition) is 4. The summed E-state index contributed by atoms with van der Waals surface area (Å²) in [5.74, 6) is 2.79. The first kappa shape index (κ1) is 12.9. The van der Waals surface area contributed by atoms with Gasteiger partial charge in [0, 0.05) is 31.6 Å². The van der Waals surface area contributed by atoms with Gasteiger partial charge in [-0.1, -0.05) is 19.3 Å². The van der Waals surface area contributed by atoms with Gasteiger partial charge in [0.15, 0.2) is 0 Å². The van der Waals surface area contributed by atoms with E-state index in [1.165, 1.54) is 43.4 Å². The van der Waals surface area contributed by atoms with Crippen molar-refractivity contribution in [3.05, 3.63) is 17.1 Å². The van der Waals surface area contributed by atoms with Gasteiger partial charge >= 0.3 is 0 Å². The largest absolute Gasteiger partial charge is 0.369 e. The number of nitrogens with one attached hydrogen (secondary N) is 2. The molecule has 1 aliphatic carbocycles. The minimum absolute atomic E-state index is 0.830. The van der Waals surface area contributed by atoms with Crippen molar-refractivity contribution in [3.8, 4) is 0 Å². The molecule has 104 valence electrons. The predicted octanol–water partition coefficient (Wildman–Crippen LogP) is 2.42. The molecule has 0 amide bonds. The van der Waals surface area contributed by atoms with E-state index >= 15 is 0 Å². The Labute approximate surface area is 115 Å². The number of hydrogen-bond donors (Lipinski definition) is 2. The Morgan fingerprint density at radius 3 is 2.89 bits per heavy atom. The highest BCUT2D eigenvalue weighted by atomic mass is 15.1. The van der Waals surface area contributed by atoms with Crippen LogP contribution in [-0.4, -0.2) is 23.1 Å². The van der Waals surface area contributed by atoms with Gasteiger partial charge in [-0.3, -0.25) is 0 Å². The van der Waals surface area contributed by atoms with Crippen LogP contribution in [0.1, 0.15) is 49.2 Å². The predicted molar refractivity (Wildman–Crippen MR) is 77.2 cm³/mol. The summed E-state index contributed by atoms with van der Waals surface area (Å²) >= 11 is 0. The van der Waals surface area contributed by atoms with Crippen LogP contribution in [0.5, 0.6) is 0 Å². The van der Waals surface area contributed by atoms with Crippen LogP contribution in [0.25, 0.3) is 0 Å². The van der Waals surface area contributed by atoms with E-state index in [0.29, 0.717) is 0 Å². The SMILES string of the molecule is Cc1nc2c(c(NCC3CCCCC3)n1)CNCC2. The number of aryl methyl sites for hydroxylation is 1. The Bertz CT molecular complexity index is 438. The molecule has 0 radical (unpaired) electrons. The molecule has 4 nitrogen and oxygen atoms in total. The molecule has 19 heavy (non-hydrogen) atoms. The monoisotopic (exact) mass is 260 g/mol. The summed E-state index contributed by atoms with van der Waals surface area (Å²) < 4.78 is 0.